The van der Waals surface area contributed by atoms with Gasteiger partial charge in [0.05, 0.1) is 12.3 Å². The minimum atomic E-state index is -0.761. The Morgan fingerprint density at radius 1 is 1.39 bits per heavy atom. The summed E-state index contributed by atoms with van der Waals surface area (Å²) in [6, 6.07) is 5.23. The molecule has 0 saturated carbocycles. The van der Waals surface area contributed by atoms with Crippen molar-refractivity contribution >= 4 is 11.7 Å². The maximum absolute atomic E-state index is 12.6. The van der Waals surface area contributed by atoms with E-state index in [2.05, 4.69) is 10.2 Å². The number of allylic oxidation sites excluding steroid dienone is 1. The maximum atomic E-state index is 12.6. The van der Waals surface area contributed by atoms with Crippen molar-refractivity contribution < 1.29 is 19.0 Å². The molecule has 0 bridgehead atoms. The molecule has 0 atom stereocenters. The number of ether oxygens (including phenoxy) is 1. The lowest BCUT2D eigenvalue weighted by Crippen LogP contribution is -2.07. The number of hydrogen-bond acceptors (Lipinski definition) is 5. The topological polar surface area (TPSA) is 71.2 Å². The third kappa shape index (κ3) is 3.97. The van der Waals surface area contributed by atoms with Crippen molar-refractivity contribution in [1.29, 1.82) is 0 Å². The van der Waals surface area contributed by atoms with Crippen LogP contribution in [0, 0.1) is 5.82 Å². The fraction of sp³-hybridized carbons (Fsp3) is 0.250. The predicted octanol–water partition coefficient (Wildman–Crippen LogP) is 3.26. The van der Waals surface area contributed by atoms with Gasteiger partial charge in [-0.3, -0.25) is 0 Å². The smallest absolute Gasteiger partial charge is 0.362 e. The van der Waals surface area contributed by atoms with Gasteiger partial charge in [-0.25, -0.2) is 9.18 Å². The van der Waals surface area contributed by atoms with E-state index in [1.807, 2.05) is 0 Å². The monoisotopic (exact) mass is 252 g/mol. The van der Waals surface area contributed by atoms with E-state index in [1.54, 1.807) is 6.92 Å². The van der Waals surface area contributed by atoms with Crippen LogP contribution in [-0.2, 0) is 9.53 Å². The maximum Gasteiger partial charge on any atom is 0.362 e. The van der Waals surface area contributed by atoms with Crippen LogP contribution >= 0.6 is 0 Å². The molecule has 0 saturated heterocycles. The molecule has 96 valence electrons. The molecule has 5 nitrogen and oxygen atoms in total. The molecule has 0 aliphatic heterocycles. The minimum absolute atomic E-state index is 0.168. The Balaban J connectivity index is 2.88. The molecule has 0 aliphatic carbocycles. The van der Waals surface area contributed by atoms with Crippen LogP contribution in [0.3, 0.4) is 0 Å². The van der Waals surface area contributed by atoms with Gasteiger partial charge in [0.15, 0.2) is 0 Å². The second-order valence-corrected chi connectivity index (χ2v) is 3.33. The molecule has 1 rings (SSSR count). The summed E-state index contributed by atoms with van der Waals surface area (Å²) >= 11 is 0. The molecule has 1 aromatic carbocycles. The molecule has 0 heterocycles. The standard InChI is InChI=1S/C12H13FN2O3/c1-3-18-12(17)11(8(2)16)15-14-10-6-4-9(13)5-7-10/h4-7,16H,3H2,1-2H3. The Bertz CT molecular complexity index is 477. The Morgan fingerprint density at radius 2 is 2.00 bits per heavy atom. The molecule has 1 N–H and O–H groups in total. The number of esters is 1. The first-order chi connectivity index (χ1) is 8.54. The van der Waals surface area contributed by atoms with Crippen LogP contribution in [0.1, 0.15) is 13.8 Å². The second kappa shape index (κ2) is 6.48. The highest BCUT2D eigenvalue weighted by atomic mass is 19.1. The van der Waals surface area contributed by atoms with Crippen LogP contribution in [0.2, 0.25) is 0 Å². The van der Waals surface area contributed by atoms with Gasteiger partial charge in [-0.15, -0.1) is 5.11 Å². The zero-order valence-corrected chi connectivity index (χ0v) is 10.1. The van der Waals surface area contributed by atoms with Gasteiger partial charge < -0.3 is 9.84 Å². The molecule has 0 radical (unpaired) electrons. The summed E-state index contributed by atoms with van der Waals surface area (Å²) < 4.78 is 17.3. The molecule has 0 spiro atoms. The lowest BCUT2D eigenvalue weighted by Gasteiger charge is -2.01. The summed E-state index contributed by atoms with van der Waals surface area (Å²) in [7, 11) is 0. The molecule has 0 aliphatic rings. The molecular weight excluding hydrogens is 239 g/mol. The zero-order chi connectivity index (χ0) is 13.5. The van der Waals surface area contributed by atoms with Crippen LogP contribution in [0.25, 0.3) is 0 Å². The molecule has 0 amide bonds. The van der Waals surface area contributed by atoms with E-state index >= 15 is 0 Å². The molecular formula is C12H13FN2O3. The van der Waals surface area contributed by atoms with Gasteiger partial charge in [-0.1, -0.05) is 0 Å². The van der Waals surface area contributed by atoms with Gasteiger partial charge in [0, 0.05) is 0 Å². The largest absolute Gasteiger partial charge is 0.510 e. The van der Waals surface area contributed by atoms with Crippen molar-refractivity contribution in [2.45, 2.75) is 13.8 Å². The van der Waals surface area contributed by atoms with E-state index in [9.17, 15) is 14.3 Å². The number of rotatable bonds is 4. The van der Waals surface area contributed by atoms with Crippen LogP contribution in [0.4, 0.5) is 10.1 Å². The number of azo groups is 1. The summed E-state index contributed by atoms with van der Waals surface area (Å²) in [6.45, 7) is 3.11. The normalized spacial score (nSPS) is 12.4. The Kier molecular flexibility index (Phi) is 4.98. The highest BCUT2D eigenvalue weighted by molar-refractivity contribution is 5.88. The summed E-state index contributed by atoms with van der Waals surface area (Å²) in [5.74, 6) is -1.45. The molecule has 0 unspecified atom stereocenters. The van der Waals surface area contributed by atoms with Gasteiger partial charge in [0.2, 0.25) is 5.70 Å². The average molecular weight is 252 g/mol. The van der Waals surface area contributed by atoms with Gasteiger partial charge in [-0.2, -0.15) is 5.11 Å². The van der Waals surface area contributed by atoms with Crippen LogP contribution < -0.4 is 0 Å². The number of hydrogen-bond donors (Lipinski definition) is 1. The molecule has 1 aromatic rings. The number of nitrogens with zero attached hydrogens (tertiary/aromatic N) is 2. The predicted molar refractivity (Wildman–Crippen MR) is 62.9 cm³/mol. The third-order valence-corrected chi connectivity index (χ3v) is 1.90. The summed E-state index contributed by atoms with van der Waals surface area (Å²) in [4.78, 5) is 11.4. The number of aliphatic hydroxyl groups is 1. The lowest BCUT2D eigenvalue weighted by atomic mass is 10.3. The average Bonchev–Trinajstić information content (AvgIpc) is 2.31. The van der Waals surface area contributed by atoms with Crippen molar-refractivity contribution in [1.82, 2.24) is 0 Å². The van der Waals surface area contributed by atoms with Gasteiger partial charge >= 0.3 is 5.97 Å². The molecule has 0 fully saturated rings. The Hall–Kier alpha value is -2.24. The number of carbonyl (C=O) groups is 1. The van der Waals surface area contributed by atoms with Gasteiger partial charge in [-0.05, 0) is 38.1 Å². The number of carbonyl (C=O) groups excluding carboxylic acids is 1. The quantitative estimate of drug-likeness (QED) is 0.387. The zero-order valence-electron chi connectivity index (χ0n) is 10.1. The van der Waals surface area contributed by atoms with Gasteiger partial charge in [0.1, 0.15) is 11.6 Å². The van der Waals surface area contributed by atoms with E-state index in [0.29, 0.717) is 5.69 Å². The number of benzene rings is 1. The Morgan fingerprint density at radius 3 is 2.50 bits per heavy atom. The van der Waals surface area contributed by atoms with Crippen molar-refractivity contribution in [3.63, 3.8) is 0 Å². The third-order valence-electron chi connectivity index (χ3n) is 1.90. The molecule has 18 heavy (non-hydrogen) atoms. The summed E-state index contributed by atoms with van der Waals surface area (Å²) in [5.41, 5.74) is 0.0839. The van der Waals surface area contributed by atoms with Crippen molar-refractivity contribution in [2.24, 2.45) is 10.2 Å². The minimum Gasteiger partial charge on any atom is -0.510 e. The second-order valence-electron chi connectivity index (χ2n) is 3.33. The Labute approximate surface area is 104 Å². The number of halogens is 1. The van der Waals surface area contributed by atoms with E-state index < -0.39 is 11.8 Å². The van der Waals surface area contributed by atoms with Crippen molar-refractivity contribution in [3.8, 4) is 0 Å². The van der Waals surface area contributed by atoms with Crippen molar-refractivity contribution in [2.75, 3.05) is 6.61 Å². The van der Waals surface area contributed by atoms with E-state index in [0.717, 1.165) is 0 Å². The fourth-order valence-electron chi connectivity index (χ4n) is 1.08. The SMILES string of the molecule is CCOC(=O)C(N=Nc1ccc(F)cc1)=C(C)O. The first-order valence-electron chi connectivity index (χ1n) is 5.29. The van der Waals surface area contributed by atoms with E-state index in [-0.39, 0.29) is 18.1 Å². The highest BCUT2D eigenvalue weighted by Crippen LogP contribution is 2.15. The van der Waals surface area contributed by atoms with Crippen LogP contribution in [0.5, 0.6) is 0 Å². The van der Waals surface area contributed by atoms with Crippen molar-refractivity contribution in [3.05, 3.63) is 41.5 Å². The van der Waals surface area contributed by atoms with E-state index in [4.69, 9.17) is 4.74 Å². The lowest BCUT2D eigenvalue weighted by molar-refractivity contribution is -0.138. The fourth-order valence-corrected chi connectivity index (χ4v) is 1.08. The molecule has 0 aromatic heterocycles. The highest BCUT2D eigenvalue weighted by Gasteiger charge is 2.13. The summed E-state index contributed by atoms with van der Waals surface area (Å²) in [6.07, 6.45) is 0. The van der Waals surface area contributed by atoms with Crippen LogP contribution in [-0.4, -0.2) is 17.7 Å². The number of aliphatic hydroxyl groups excluding tert-OH is 1. The van der Waals surface area contributed by atoms with E-state index in [1.165, 1.54) is 31.2 Å². The first-order valence-corrected chi connectivity index (χ1v) is 5.29. The molecule has 6 heteroatoms. The van der Waals surface area contributed by atoms with Crippen LogP contribution in [0.15, 0.2) is 46.0 Å². The first kappa shape index (κ1) is 13.8. The summed E-state index contributed by atoms with van der Waals surface area (Å²) in [5, 5.41) is 16.6. The van der Waals surface area contributed by atoms with Gasteiger partial charge in [0.25, 0.3) is 0 Å².